The topological polar surface area (TPSA) is 127 Å². The molecule has 92 valence electrons. The van der Waals surface area contributed by atoms with Gasteiger partial charge in [-0.15, -0.1) is 0 Å². The molecule has 0 amide bonds. The van der Waals surface area contributed by atoms with Crippen LogP contribution in [0.3, 0.4) is 0 Å². The Hall–Kier alpha value is -1.56. The summed E-state index contributed by atoms with van der Waals surface area (Å²) >= 11 is 2.36. The van der Waals surface area contributed by atoms with E-state index in [2.05, 4.69) is 32.1 Å². The second-order valence-electron chi connectivity index (χ2n) is 4.07. The Labute approximate surface area is 106 Å². The minimum atomic E-state index is -0.869. The summed E-state index contributed by atoms with van der Waals surface area (Å²) in [6, 6.07) is 0. The van der Waals surface area contributed by atoms with Crippen LogP contribution >= 0.6 is 0 Å². The summed E-state index contributed by atoms with van der Waals surface area (Å²) in [6.07, 6.45) is 0. The number of nitrogen functional groups attached to an aromatic ring is 1. The zero-order valence-electron chi connectivity index (χ0n) is 9.35. The Balaban J connectivity index is 3.32. The number of nitrogens with zero attached hydrogens (tertiary/aromatic N) is 2. The summed E-state index contributed by atoms with van der Waals surface area (Å²) in [5.41, 5.74) is 3.41. The van der Waals surface area contributed by atoms with E-state index < -0.39 is 21.7 Å². The van der Waals surface area contributed by atoms with Gasteiger partial charge in [-0.05, 0) is 0 Å². The molecule has 4 N–H and O–H groups in total. The van der Waals surface area contributed by atoms with Gasteiger partial charge in [-0.25, -0.2) is 0 Å². The van der Waals surface area contributed by atoms with Crippen LogP contribution in [0.25, 0.3) is 0 Å². The molecule has 9 heteroatoms. The van der Waals surface area contributed by atoms with Gasteiger partial charge in [0.05, 0.1) is 0 Å². The molecule has 0 aromatic carbocycles. The van der Waals surface area contributed by atoms with E-state index in [1.165, 1.54) is 0 Å². The van der Waals surface area contributed by atoms with Gasteiger partial charge in [0.25, 0.3) is 0 Å². The van der Waals surface area contributed by atoms with Crippen LogP contribution in [0, 0.1) is 10.1 Å². The molecule has 0 aliphatic heterocycles. The second kappa shape index (κ2) is 4.75. The van der Waals surface area contributed by atoms with Gasteiger partial charge < -0.3 is 0 Å². The van der Waals surface area contributed by atoms with Crippen molar-refractivity contribution in [1.29, 1.82) is 0 Å². The van der Waals surface area contributed by atoms with Crippen molar-refractivity contribution in [2.75, 3.05) is 11.1 Å². The average Bonchev–Trinajstić information content (AvgIpc) is 2.14. The first-order chi connectivity index (χ1) is 7.76. The van der Waals surface area contributed by atoms with Crippen LogP contribution in [0.1, 0.15) is 13.8 Å². The third-order valence-electron chi connectivity index (χ3n) is 1.95. The number of nitro groups is 1. The van der Waals surface area contributed by atoms with Crippen molar-refractivity contribution in [3.8, 4) is 0 Å². The van der Waals surface area contributed by atoms with Crippen molar-refractivity contribution in [2.24, 2.45) is 0 Å². The summed E-state index contributed by atoms with van der Waals surface area (Å²) in [6.45, 7) is 3.65. The van der Waals surface area contributed by atoms with E-state index in [0.717, 1.165) is 0 Å². The monoisotopic (exact) mass is 301 g/mol. The van der Waals surface area contributed by atoms with Crippen molar-refractivity contribution in [1.82, 2.24) is 9.97 Å². The number of rotatable bonds is 4. The third kappa shape index (κ3) is 3.20. The maximum atomic E-state index is 11.4. The number of anilines is 2. The molecular formula is C8H12AsN5O3. The van der Waals surface area contributed by atoms with Crippen molar-refractivity contribution in [3.63, 3.8) is 0 Å². The molecule has 1 heterocycles. The number of aromatic nitrogens is 2. The van der Waals surface area contributed by atoms with Crippen LogP contribution in [0.15, 0.2) is 4.79 Å². The van der Waals surface area contributed by atoms with Crippen LogP contribution in [-0.2, 0) is 0 Å². The number of nitrogens with two attached hydrogens (primary N) is 1. The number of hydrogen-bond acceptors (Lipinski definition) is 6. The quantitative estimate of drug-likeness (QED) is 0.409. The van der Waals surface area contributed by atoms with Gasteiger partial charge in [0.1, 0.15) is 0 Å². The van der Waals surface area contributed by atoms with E-state index in [4.69, 9.17) is 5.73 Å². The fraction of sp³-hybridized carbons (Fsp3) is 0.500. The Bertz CT molecular complexity index is 498. The molecule has 1 aromatic heterocycles. The van der Waals surface area contributed by atoms with Gasteiger partial charge in [-0.1, -0.05) is 0 Å². The van der Waals surface area contributed by atoms with E-state index >= 15 is 0 Å². The molecule has 0 spiro atoms. The maximum absolute atomic E-state index is 11.4. The molecule has 0 saturated heterocycles. The third-order valence-corrected chi connectivity index (χ3v) is 3.61. The normalized spacial score (nSPS) is 11.2. The molecule has 17 heavy (non-hydrogen) atoms. The molecule has 8 nitrogen and oxygen atoms in total. The summed E-state index contributed by atoms with van der Waals surface area (Å²) in [4.78, 5) is 27.3. The van der Waals surface area contributed by atoms with Gasteiger partial charge in [0, 0.05) is 0 Å². The zero-order valence-corrected chi connectivity index (χ0v) is 11.2. The number of hydrogen-bond donors (Lipinski definition) is 3. The van der Waals surface area contributed by atoms with Crippen LogP contribution in [0.2, 0.25) is 5.21 Å². The molecule has 0 aliphatic rings. The van der Waals surface area contributed by atoms with E-state index in [-0.39, 0.29) is 11.8 Å². The zero-order chi connectivity index (χ0) is 13.2. The van der Waals surface area contributed by atoms with Crippen LogP contribution in [0.4, 0.5) is 17.5 Å². The fourth-order valence-electron chi connectivity index (χ4n) is 1.10. The van der Waals surface area contributed by atoms with Gasteiger partial charge in [-0.3, -0.25) is 0 Å². The predicted molar refractivity (Wildman–Crippen MR) is 64.2 cm³/mol. The first kappa shape index (κ1) is 13.5. The molecule has 0 saturated carbocycles. The van der Waals surface area contributed by atoms with Crippen molar-refractivity contribution in [2.45, 2.75) is 24.6 Å². The van der Waals surface area contributed by atoms with E-state index in [0.29, 0.717) is 5.21 Å². The average molecular weight is 301 g/mol. The Kier molecular flexibility index (Phi) is 3.77. The van der Waals surface area contributed by atoms with Crippen molar-refractivity contribution >= 4 is 34.3 Å². The van der Waals surface area contributed by atoms with Gasteiger partial charge in [0.2, 0.25) is 0 Å². The molecule has 0 aliphatic carbocycles. The van der Waals surface area contributed by atoms with Crippen LogP contribution in [-0.4, -0.2) is 37.3 Å². The number of nitrogens with one attached hydrogen (secondary N) is 2. The fourth-order valence-corrected chi connectivity index (χ4v) is 1.27. The van der Waals surface area contributed by atoms with Crippen LogP contribution in [0.5, 0.6) is 0 Å². The molecule has 0 bridgehead atoms. The Morgan fingerprint density at radius 1 is 1.65 bits per heavy atom. The Morgan fingerprint density at radius 2 is 2.24 bits per heavy atom. The molecule has 0 fully saturated rings. The van der Waals surface area contributed by atoms with E-state index in [1.54, 1.807) is 0 Å². The standard InChI is InChI=1S/C8H12AsN5O3/c1-8(2,3-9)13-5-4(14(16)17)6(15)12-7(10)11-5/h3H2,1-2H3,(H4,10,11,12,13,15). The summed E-state index contributed by atoms with van der Waals surface area (Å²) < 4.78 is 0. The SMILES string of the molecule is CC(C)(C[As])Nc1nc(N)[nH]c(=O)c1[N+](=O)[O-]. The second-order valence-corrected chi connectivity index (χ2v) is 4.74. The Morgan fingerprint density at radius 3 is 2.71 bits per heavy atom. The minimum absolute atomic E-state index is 0.118. The molecule has 2 radical (unpaired) electrons. The van der Waals surface area contributed by atoms with E-state index in [9.17, 15) is 14.9 Å². The number of aromatic amines is 1. The molecule has 1 rings (SSSR count). The van der Waals surface area contributed by atoms with Gasteiger partial charge >= 0.3 is 105 Å². The van der Waals surface area contributed by atoms with E-state index in [1.807, 2.05) is 13.8 Å². The molecule has 1 aromatic rings. The predicted octanol–water partition coefficient (Wildman–Crippen LogP) is 0.0376. The first-order valence-corrected chi connectivity index (χ1v) is 6.03. The molecular weight excluding hydrogens is 289 g/mol. The first-order valence-electron chi connectivity index (χ1n) is 4.70. The van der Waals surface area contributed by atoms with Gasteiger partial charge in [0.15, 0.2) is 0 Å². The molecule has 0 atom stereocenters. The van der Waals surface area contributed by atoms with Crippen molar-refractivity contribution in [3.05, 3.63) is 20.5 Å². The molecule has 0 unspecified atom stereocenters. The summed E-state index contributed by atoms with van der Waals surface area (Å²) in [5, 5.41) is 14.3. The summed E-state index contributed by atoms with van der Waals surface area (Å²) in [7, 11) is 0. The summed E-state index contributed by atoms with van der Waals surface area (Å²) in [5.74, 6) is -0.281. The number of H-pyrrole nitrogens is 1. The van der Waals surface area contributed by atoms with Gasteiger partial charge in [-0.2, -0.15) is 0 Å². The van der Waals surface area contributed by atoms with Crippen LogP contribution < -0.4 is 16.6 Å². The van der Waals surface area contributed by atoms with Crippen molar-refractivity contribution < 1.29 is 4.92 Å².